The van der Waals surface area contributed by atoms with Crippen LogP contribution in [0.5, 0.6) is 0 Å². The first-order valence-electron chi connectivity index (χ1n) is 15.9. The summed E-state index contributed by atoms with van der Waals surface area (Å²) in [6, 6.07) is 9.86. The maximum atomic E-state index is 15.0. The monoisotopic (exact) mass is 638 g/mol. The van der Waals surface area contributed by atoms with Gasteiger partial charge in [-0.2, -0.15) is 0 Å². The van der Waals surface area contributed by atoms with E-state index in [1.807, 2.05) is 10.8 Å². The Kier molecular flexibility index (Phi) is 10.6. The van der Waals surface area contributed by atoms with Crippen LogP contribution in [0, 0.1) is 24.5 Å². The SMILES string of the molecule is Cc1ccc(Cn2ccnc2NC(=O)[C@@H]2CN(CCCNC(=O)OC(C)(C)C)C[C@H]2c2ccc(F)cc2F)c(N2CCOCC2)c1. The average Bonchev–Trinajstić information content (AvgIpc) is 3.62. The van der Waals surface area contributed by atoms with Crippen molar-refractivity contribution in [2.45, 2.75) is 52.2 Å². The Morgan fingerprint density at radius 3 is 2.61 bits per heavy atom. The summed E-state index contributed by atoms with van der Waals surface area (Å²) in [6.45, 7) is 12.7. The third-order valence-corrected chi connectivity index (χ3v) is 8.30. The van der Waals surface area contributed by atoms with Crippen molar-refractivity contribution in [3.05, 3.63) is 77.1 Å². The molecule has 1 aromatic heterocycles. The van der Waals surface area contributed by atoms with Gasteiger partial charge in [-0.25, -0.2) is 18.6 Å². The smallest absolute Gasteiger partial charge is 0.407 e. The molecule has 2 amide bonds. The zero-order valence-corrected chi connectivity index (χ0v) is 27.0. The third-order valence-electron chi connectivity index (χ3n) is 8.30. The van der Waals surface area contributed by atoms with Gasteiger partial charge in [0.1, 0.15) is 17.2 Å². The van der Waals surface area contributed by atoms with Gasteiger partial charge in [0.25, 0.3) is 0 Å². The summed E-state index contributed by atoms with van der Waals surface area (Å²) in [5.41, 5.74) is 3.10. The first kappa shape index (κ1) is 33.3. The van der Waals surface area contributed by atoms with Crippen LogP contribution < -0.4 is 15.5 Å². The molecule has 2 N–H and O–H groups in total. The highest BCUT2D eigenvalue weighted by molar-refractivity contribution is 5.92. The van der Waals surface area contributed by atoms with Crippen LogP contribution in [0.3, 0.4) is 0 Å². The number of morpholine rings is 1. The van der Waals surface area contributed by atoms with E-state index in [4.69, 9.17) is 9.47 Å². The van der Waals surface area contributed by atoms with Gasteiger partial charge in [0.15, 0.2) is 0 Å². The van der Waals surface area contributed by atoms with Gasteiger partial charge in [-0.3, -0.25) is 10.1 Å². The molecule has 5 rings (SSSR count). The number of benzene rings is 2. The number of rotatable bonds is 10. The highest BCUT2D eigenvalue weighted by atomic mass is 19.1. The fraction of sp³-hybridized carbons (Fsp3) is 0.500. The Bertz CT molecular complexity index is 1520. The minimum Gasteiger partial charge on any atom is -0.444 e. The van der Waals surface area contributed by atoms with Crippen LogP contribution in [-0.4, -0.2) is 84.5 Å². The highest BCUT2D eigenvalue weighted by Crippen LogP contribution is 2.35. The number of alkyl carbamates (subject to hydrolysis) is 1. The summed E-state index contributed by atoms with van der Waals surface area (Å²) in [5, 5.41) is 5.75. The number of imidazole rings is 1. The molecule has 3 aromatic rings. The van der Waals surface area contributed by atoms with Gasteiger partial charge >= 0.3 is 6.09 Å². The molecule has 0 aliphatic carbocycles. The van der Waals surface area contributed by atoms with Gasteiger partial charge in [-0.15, -0.1) is 0 Å². The van der Waals surface area contributed by atoms with Crippen LogP contribution in [0.4, 0.5) is 25.2 Å². The predicted molar refractivity (Wildman–Crippen MR) is 172 cm³/mol. The zero-order chi connectivity index (χ0) is 32.8. The van der Waals surface area contributed by atoms with Crippen molar-refractivity contribution in [2.24, 2.45) is 5.92 Å². The van der Waals surface area contributed by atoms with E-state index in [0.717, 1.165) is 36.0 Å². The van der Waals surface area contributed by atoms with Gasteiger partial charge in [0.05, 0.1) is 25.7 Å². The Morgan fingerprint density at radius 1 is 1.09 bits per heavy atom. The third kappa shape index (κ3) is 8.61. The molecule has 2 aliphatic heterocycles. The molecule has 3 heterocycles. The van der Waals surface area contributed by atoms with Crippen molar-refractivity contribution >= 4 is 23.6 Å². The number of carbonyl (C=O) groups excluding carboxylic acids is 2. The minimum absolute atomic E-state index is 0.284. The molecule has 46 heavy (non-hydrogen) atoms. The fourth-order valence-corrected chi connectivity index (χ4v) is 6.11. The molecular formula is C34H44F2N6O4. The molecule has 2 aromatic carbocycles. The molecule has 0 spiro atoms. The molecule has 2 atom stereocenters. The van der Waals surface area contributed by atoms with E-state index in [1.54, 1.807) is 27.0 Å². The Balaban J connectivity index is 1.28. The number of carbonyl (C=O) groups is 2. The topological polar surface area (TPSA) is 101 Å². The lowest BCUT2D eigenvalue weighted by Crippen LogP contribution is -2.37. The molecule has 10 nitrogen and oxygen atoms in total. The second kappa shape index (κ2) is 14.6. The number of nitrogens with zero attached hydrogens (tertiary/aromatic N) is 4. The van der Waals surface area contributed by atoms with Gasteiger partial charge in [-0.05, 0) is 69.5 Å². The summed E-state index contributed by atoms with van der Waals surface area (Å²) < 4.78 is 41.6. The summed E-state index contributed by atoms with van der Waals surface area (Å²) in [5.74, 6) is -2.32. The van der Waals surface area contributed by atoms with Gasteiger partial charge in [-0.1, -0.05) is 18.2 Å². The number of hydrogen-bond donors (Lipinski definition) is 2. The fourth-order valence-electron chi connectivity index (χ4n) is 6.11. The van der Waals surface area contributed by atoms with Crippen LogP contribution in [0.15, 0.2) is 48.8 Å². The van der Waals surface area contributed by atoms with Crippen molar-refractivity contribution in [3.8, 4) is 0 Å². The molecule has 0 bridgehead atoms. The molecule has 0 saturated carbocycles. The van der Waals surface area contributed by atoms with Crippen LogP contribution in [0.25, 0.3) is 0 Å². The van der Waals surface area contributed by atoms with Crippen LogP contribution >= 0.6 is 0 Å². The maximum Gasteiger partial charge on any atom is 0.407 e. The normalized spacial score (nSPS) is 18.9. The zero-order valence-electron chi connectivity index (χ0n) is 27.0. The number of likely N-dealkylation sites (tertiary alicyclic amines) is 1. The van der Waals surface area contributed by atoms with Crippen molar-refractivity contribution in [1.29, 1.82) is 0 Å². The minimum atomic E-state index is -0.673. The number of aromatic nitrogens is 2. The lowest BCUT2D eigenvalue weighted by Gasteiger charge is -2.31. The van der Waals surface area contributed by atoms with Crippen LogP contribution in [-0.2, 0) is 20.8 Å². The quantitative estimate of drug-likeness (QED) is 0.304. The van der Waals surface area contributed by atoms with Crippen molar-refractivity contribution < 1.29 is 27.8 Å². The average molecular weight is 639 g/mol. The lowest BCUT2D eigenvalue weighted by atomic mass is 9.88. The van der Waals surface area contributed by atoms with E-state index in [1.165, 1.54) is 12.1 Å². The van der Waals surface area contributed by atoms with E-state index in [-0.39, 0.29) is 5.91 Å². The van der Waals surface area contributed by atoms with E-state index in [2.05, 4.69) is 50.5 Å². The molecule has 2 aliphatic rings. The highest BCUT2D eigenvalue weighted by Gasteiger charge is 2.40. The van der Waals surface area contributed by atoms with Crippen molar-refractivity contribution in [3.63, 3.8) is 0 Å². The first-order chi connectivity index (χ1) is 22.0. The summed E-state index contributed by atoms with van der Waals surface area (Å²) in [6.07, 6.45) is 3.59. The van der Waals surface area contributed by atoms with Crippen molar-refractivity contribution in [2.75, 3.05) is 62.7 Å². The van der Waals surface area contributed by atoms with E-state index in [9.17, 15) is 14.0 Å². The van der Waals surface area contributed by atoms with Gasteiger partial charge in [0, 0.05) is 62.8 Å². The summed E-state index contributed by atoms with van der Waals surface area (Å²) in [7, 11) is 0. The molecule has 12 heteroatoms. The van der Waals surface area contributed by atoms with E-state index < -0.39 is 35.2 Å². The van der Waals surface area contributed by atoms with Crippen molar-refractivity contribution in [1.82, 2.24) is 19.8 Å². The number of anilines is 2. The molecular weight excluding hydrogens is 594 g/mol. The number of aryl methyl sites for hydroxylation is 1. The number of amides is 2. The number of ether oxygens (including phenoxy) is 2. The maximum absolute atomic E-state index is 15.0. The van der Waals surface area contributed by atoms with E-state index >= 15 is 4.39 Å². The van der Waals surface area contributed by atoms with Gasteiger partial charge in [0.2, 0.25) is 11.9 Å². The lowest BCUT2D eigenvalue weighted by molar-refractivity contribution is -0.120. The van der Waals surface area contributed by atoms with Crippen LogP contribution in [0.1, 0.15) is 49.8 Å². The Labute approximate surface area is 269 Å². The van der Waals surface area contributed by atoms with Crippen LogP contribution in [0.2, 0.25) is 0 Å². The molecule has 2 fully saturated rings. The summed E-state index contributed by atoms with van der Waals surface area (Å²) >= 11 is 0. The second-order valence-electron chi connectivity index (χ2n) is 13.0. The second-order valence-corrected chi connectivity index (χ2v) is 13.0. The standard InChI is InChI=1S/C34H44F2N6O4/c1-23-6-7-24(30(18-23)41-14-16-45-17-15-41)20-42-13-11-37-32(42)39-31(43)28-22-40(12-5-10-38-33(44)46-34(2,3)4)21-27(28)26-9-8-25(35)19-29(26)36/h6-9,11,13,18-19,27-28H,5,10,12,14-17,20-22H2,1-4H3,(H,38,44)(H,37,39,43)/t27-,28+/m0/s1. The molecule has 248 valence electrons. The number of halogens is 2. The molecule has 2 saturated heterocycles. The number of nitrogens with one attached hydrogen (secondary N) is 2. The Hall–Kier alpha value is -4.03. The predicted octanol–water partition coefficient (Wildman–Crippen LogP) is 4.92. The van der Waals surface area contributed by atoms with E-state index in [0.29, 0.717) is 63.9 Å². The number of hydrogen-bond acceptors (Lipinski definition) is 7. The molecule has 0 unspecified atom stereocenters. The summed E-state index contributed by atoms with van der Waals surface area (Å²) in [4.78, 5) is 34.7. The largest absolute Gasteiger partial charge is 0.444 e. The molecule has 0 radical (unpaired) electrons. The Morgan fingerprint density at radius 2 is 1.87 bits per heavy atom. The van der Waals surface area contributed by atoms with Gasteiger partial charge < -0.3 is 29.2 Å². The first-order valence-corrected chi connectivity index (χ1v) is 15.9.